The highest BCUT2D eigenvalue weighted by Crippen LogP contribution is 2.21. The van der Waals surface area contributed by atoms with E-state index in [2.05, 4.69) is 34.3 Å². The van der Waals surface area contributed by atoms with Crippen LogP contribution in [0, 0.1) is 0 Å². The minimum Gasteiger partial charge on any atom is -0.328 e. The Morgan fingerprint density at radius 2 is 2.42 bits per heavy atom. The molecular weight excluding hydrogens is 234 g/mol. The Labute approximate surface area is 86.1 Å². The molecule has 1 aromatic rings. The van der Waals surface area contributed by atoms with Crippen molar-refractivity contribution in [2.45, 2.75) is 32.2 Å². The number of aryl methyl sites for hydroxylation is 1. The Morgan fingerprint density at radius 1 is 1.67 bits per heavy atom. The molecule has 0 radical (unpaired) electrons. The molecule has 1 heterocycles. The fourth-order valence-electron chi connectivity index (χ4n) is 1.02. The Morgan fingerprint density at radius 3 is 2.92 bits per heavy atom. The Bertz CT molecular complexity index is 234. The molecule has 0 aliphatic rings. The van der Waals surface area contributed by atoms with E-state index in [9.17, 15) is 0 Å². The van der Waals surface area contributed by atoms with Crippen LogP contribution < -0.4 is 5.73 Å². The van der Waals surface area contributed by atoms with Gasteiger partial charge in [0.25, 0.3) is 0 Å². The molecule has 0 saturated carbocycles. The second kappa shape index (κ2) is 5.00. The summed E-state index contributed by atoms with van der Waals surface area (Å²) in [5.74, 6) is 0. The Kier molecular flexibility index (Phi) is 4.26. The van der Waals surface area contributed by atoms with Crippen LogP contribution in [0.2, 0.25) is 0 Å². The summed E-state index contributed by atoms with van der Waals surface area (Å²) in [5.41, 5.74) is 5.82. The van der Waals surface area contributed by atoms with Crippen molar-refractivity contribution in [3.05, 3.63) is 20.8 Å². The van der Waals surface area contributed by atoms with Gasteiger partial charge in [0.1, 0.15) is 0 Å². The monoisotopic (exact) mass is 247 g/mol. The second-order valence-electron chi connectivity index (χ2n) is 2.94. The van der Waals surface area contributed by atoms with Crippen molar-refractivity contribution in [2.24, 2.45) is 5.73 Å². The maximum Gasteiger partial charge on any atom is 0.0285 e. The van der Waals surface area contributed by atoms with Gasteiger partial charge in [-0.3, -0.25) is 0 Å². The largest absolute Gasteiger partial charge is 0.328 e. The Hall–Kier alpha value is 0.140. The third-order valence-electron chi connectivity index (χ3n) is 1.91. The molecule has 0 amide bonds. The first-order valence-corrected chi connectivity index (χ1v) is 5.88. The van der Waals surface area contributed by atoms with Crippen molar-refractivity contribution < 1.29 is 0 Å². The van der Waals surface area contributed by atoms with Crippen molar-refractivity contribution >= 4 is 27.3 Å². The first-order chi connectivity index (χ1) is 5.72. The zero-order valence-corrected chi connectivity index (χ0v) is 9.62. The predicted octanol–water partition coefficient (Wildman–Crippen LogP) is 3.18. The van der Waals surface area contributed by atoms with Crippen molar-refractivity contribution in [1.29, 1.82) is 0 Å². The molecule has 1 unspecified atom stereocenters. The van der Waals surface area contributed by atoms with E-state index in [4.69, 9.17) is 5.73 Å². The summed E-state index contributed by atoms with van der Waals surface area (Å²) in [6, 6.07) is 2.54. The van der Waals surface area contributed by atoms with Crippen molar-refractivity contribution in [2.75, 3.05) is 0 Å². The summed E-state index contributed by atoms with van der Waals surface area (Å²) in [6.45, 7) is 2.13. The smallest absolute Gasteiger partial charge is 0.0285 e. The van der Waals surface area contributed by atoms with Crippen LogP contribution in [0.15, 0.2) is 15.9 Å². The van der Waals surface area contributed by atoms with Crippen LogP contribution >= 0.6 is 27.3 Å². The molecule has 0 saturated heterocycles. The summed E-state index contributed by atoms with van der Waals surface area (Å²) in [5, 5.41) is 2.12. The van der Waals surface area contributed by atoms with E-state index in [1.165, 1.54) is 9.35 Å². The van der Waals surface area contributed by atoms with Crippen molar-refractivity contribution in [3.63, 3.8) is 0 Å². The summed E-state index contributed by atoms with van der Waals surface area (Å²) in [6.07, 6.45) is 3.29. The molecule has 0 aromatic carbocycles. The maximum absolute atomic E-state index is 5.82. The molecule has 3 heteroatoms. The van der Waals surface area contributed by atoms with Gasteiger partial charge in [-0.2, -0.15) is 0 Å². The molecule has 0 spiro atoms. The summed E-state index contributed by atoms with van der Waals surface area (Å²) >= 11 is 5.23. The van der Waals surface area contributed by atoms with Crippen LogP contribution in [0.3, 0.4) is 0 Å². The quantitative estimate of drug-likeness (QED) is 0.870. The van der Waals surface area contributed by atoms with E-state index in [0.717, 1.165) is 19.3 Å². The van der Waals surface area contributed by atoms with Gasteiger partial charge in [0.2, 0.25) is 0 Å². The highest BCUT2D eigenvalue weighted by molar-refractivity contribution is 9.10. The zero-order valence-electron chi connectivity index (χ0n) is 7.22. The number of hydrogen-bond donors (Lipinski definition) is 1. The van der Waals surface area contributed by atoms with Gasteiger partial charge in [0.15, 0.2) is 0 Å². The minimum absolute atomic E-state index is 0.367. The molecule has 0 aliphatic carbocycles. The topological polar surface area (TPSA) is 26.0 Å². The van der Waals surface area contributed by atoms with Crippen LogP contribution in [0.4, 0.5) is 0 Å². The summed E-state index contributed by atoms with van der Waals surface area (Å²) in [4.78, 5) is 1.42. The van der Waals surface area contributed by atoms with Gasteiger partial charge >= 0.3 is 0 Å². The van der Waals surface area contributed by atoms with E-state index in [1.807, 2.05) is 0 Å². The average Bonchev–Trinajstić information content (AvgIpc) is 2.47. The van der Waals surface area contributed by atoms with Crippen LogP contribution in [0.25, 0.3) is 0 Å². The molecule has 2 N–H and O–H groups in total. The number of hydrogen-bond acceptors (Lipinski definition) is 2. The van der Waals surface area contributed by atoms with Gasteiger partial charge in [-0.1, -0.05) is 6.92 Å². The lowest BCUT2D eigenvalue weighted by molar-refractivity contribution is 0.599. The maximum atomic E-state index is 5.82. The summed E-state index contributed by atoms with van der Waals surface area (Å²) < 4.78 is 1.19. The first kappa shape index (κ1) is 10.2. The van der Waals surface area contributed by atoms with Crippen molar-refractivity contribution in [1.82, 2.24) is 0 Å². The van der Waals surface area contributed by atoms with E-state index in [0.29, 0.717) is 6.04 Å². The first-order valence-electron chi connectivity index (χ1n) is 4.21. The van der Waals surface area contributed by atoms with Gasteiger partial charge in [-0.15, -0.1) is 11.3 Å². The second-order valence-corrected chi connectivity index (χ2v) is 4.85. The molecule has 12 heavy (non-hydrogen) atoms. The predicted molar refractivity (Wildman–Crippen MR) is 58.6 cm³/mol. The lowest BCUT2D eigenvalue weighted by atomic mass is 10.1. The third-order valence-corrected chi connectivity index (χ3v) is 3.67. The zero-order chi connectivity index (χ0) is 8.97. The van der Waals surface area contributed by atoms with E-state index in [1.54, 1.807) is 11.3 Å². The standard InChI is InChI=1S/C9H14BrNS/c1-2-8(11)3-4-9-5-7(10)6-12-9/h5-6,8H,2-4,11H2,1H3. The number of halogens is 1. The fourth-order valence-corrected chi connectivity index (χ4v) is 2.49. The minimum atomic E-state index is 0.367. The van der Waals surface area contributed by atoms with Crippen LogP contribution in [-0.4, -0.2) is 6.04 Å². The van der Waals surface area contributed by atoms with E-state index in [-0.39, 0.29) is 0 Å². The molecule has 68 valence electrons. The van der Waals surface area contributed by atoms with Gasteiger partial charge < -0.3 is 5.73 Å². The third kappa shape index (κ3) is 3.25. The molecule has 1 aromatic heterocycles. The molecule has 1 nitrogen and oxygen atoms in total. The van der Waals surface area contributed by atoms with Gasteiger partial charge in [-0.05, 0) is 41.3 Å². The van der Waals surface area contributed by atoms with Crippen LogP contribution in [0.5, 0.6) is 0 Å². The van der Waals surface area contributed by atoms with Gasteiger partial charge in [0, 0.05) is 20.8 Å². The van der Waals surface area contributed by atoms with Crippen LogP contribution in [-0.2, 0) is 6.42 Å². The van der Waals surface area contributed by atoms with Crippen LogP contribution in [0.1, 0.15) is 24.6 Å². The normalized spacial score (nSPS) is 13.2. The SMILES string of the molecule is CCC(N)CCc1cc(Br)cs1. The van der Waals surface area contributed by atoms with E-state index >= 15 is 0 Å². The lowest BCUT2D eigenvalue weighted by Gasteiger charge is -2.05. The highest BCUT2D eigenvalue weighted by atomic mass is 79.9. The molecule has 0 fully saturated rings. The lowest BCUT2D eigenvalue weighted by Crippen LogP contribution is -2.18. The summed E-state index contributed by atoms with van der Waals surface area (Å²) in [7, 11) is 0. The van der Waals surface area contributed by atoms with Gasteiger partial charge in [-0.25, -0.2) is 0 Å². The fraction of sp³-hybridized carbons (Fsp3) is 0.556. The number of nitrogens with two attached hydrogens (primary N) is 1. The van der Waals surface area contributed by atoms with Gasteiger partial charge in [0.05, 0.1) is 0 Å². The molecule has 1 atom stereocenters. The highest BCUT2D eigenvalue weighted by Gasteiger charge is 2.01. The molecule has 1 rings (SSSR count). The Balaban J connectivity index is 2.33. The van der Waals surface area contributed by atoms with Crippen molar-refractivity contribution in [3.8, 4) is 0 Å². The number of thiophene rings is 1. The molecule has 0 bridgehead atoms. The van der Waals surface area contributed by atoms with E-state index < -0.39 is 0 Å². The molecular formula is C9H14BrNS. The average molecular weight is 248 g/mol. The number of rotatable bonds is 4. The molecule has 0 aliphatic heterocycles.